The van der Waals surface area contributed by atoms with Crippen LogP contribution in [0, 0.1) is 6.92 Å². The Kier molecular flexibility index (Phi) is 3.24. The maximum absolute atomic E-state index is 12.1. The molecular weight excluding hydrogens is 268 g/mol. The van der Waals surface area contributed by atoms with Crippen molar-refractivity contribution in [2.24, 2.45) is 0 Å². The fraction of sp³-hybridized carbons (Fsp3) is 0.538. The second-order valence-corrected chi connectivity index (χ2v) is 6.33. The highest BCUT2D eigenvalue weighted by molar-refractivity contribution is 7.86. The quantitative estimate of drug-likeness (QED) is 0.791. The Morgan fingerprint density at radius 3 is 2.58 bits per heavy atom. The summed E-state index contributed by atoms with van der Waals surface area (Å²) < 4.78 is 55.1. The van der Waals surface area contributed by atoms with Crippen LogP contribution in [0.3, 0.4) is 0 Å². The topological polar surface area (TPSA) is 61.8 Å². The van der Waals surface area contributed by atoms with E-state index in [2.05, 4.69) is 0 Å². The Labute approximate surface area is 116 Å². The minimum absolute atomic E-state index is 0.0799. The highest BCUT2D eigenvalue weighted by Crippen LogP contribution is 2.23. The molecule has 1 aromatic rings. The average Bonchev–Trinajstić information content (AvgIpc) is 2.70. The van der Waals surface area contributed by atoms with Gasteiger partial charge in [0.25, 0.3) is 10.1 Å². The molecule has 0 radical (unpaired) electrons. The molecule has 6 heteroatoms. The van der Waals surface area contributed by atoms with Gasteiger partial charge in [0.1, 0.15) is 6.10 Å². The number of hydrogen-bond donors (Lipinski definition) is 0. The van der Waals surface area contributed by atoms with E-state index in [1.165, 1.54) is 12.1 Å². The lowest BCUT2D eigenvalue weighted by molar-refractivity contribution is -0.141. The van der Waals surface area contributed by atoms with Crippen LogP contribution in [-0.4, -0.2) is 33.5 Å². The lowest BCUT2D eigenvalue weighted by atomic mass is 10.2. The lowest BCUT2D eigenvalue weighted by Gasteiger charge is -2.16. The fourth-order valence-corrected chi connectivity index (χ4v) is 2.41. The fourth-order valence-electron chi connectivity index (χ4n) is 1.62. The van der Waals surface area contributed by atoms with Crippen LogP contribution in [0.5, 0.6) is 0 Å². The first-order valence-corrected chi connectivity index (χ1v) is 7.27. The third-order valence-corrected chi connectivity index (χ3v) is 3.77. The standard InChI is InChI=1S/C13H18O5S/c1-10-4-6-12(7-5-10)19(14,15)17-9-11-8-16-13(2,3)18-11/h4-7,11H,8-9H2,1-3H3/i9D2. The molecule has 0 saturated carbocycles. The molecule has 19 heavy (non-hydrogen) atoms. The van der Waals surface area contributed by atoms with Crippen LogP contribution in [0.4, 0.5) is 0 Å². The van der Waals surface area contributed by atoms with Crippen LogP contribution in [0.1, 0.15) is 22.2 Å². The van der Waals surface area contributed by atoms with Gasteiger partial charge in [0.05, 0.1) is 20.8 Å². The van der Waals surface area contributed by atoms with Crippen LogP contribution in [-0.2, 0) is 23.8 Å². The summed E-state index contributed by atoms with van der Waals surface area (Å²) in [6, 6.07) is 5.97. The summed E-state index contributed by atoms with van der Waals surface area (Å²) >= 11 is 0. The Hall–Kier alpha value is -0.950. The zero-order valence-corrected chi connectivity index (χ0v) is 11.9. The molecule has 0 amide bonds. The normalized spacial score (nSPS) is 24.9. The maximum atomic E-state index is 12.1. The van der Waals surface area contributed by atoms with Gasteiger partial charge in [-0.2, -0.15) is 8.42 Å². The highest BCUT2D eigenvalue weighted by Gasteiger charge is 2.33. The third-order valence-electron chi connectivity index (χ3n) is 2.61. The molecule has 1 fully saturated rings. The zero-order valence-electron chi connectivity index (χ0n) is 13.0. The maximum Gasteiger partial charge on any atom is 0.297 e. The van der Waals surface area contributed by atoms with Crippen LogP contribution >= 0.6 is 0 Å². The number of benzene rings is 1. The third kappa shape index (κ3) is 3.76. The predicted molar refractivity (Wildman–Crippen MR) is 69.2 cm³/mol. The van der Waals surface area contributed by atoms with E-state index in [1.807, 2.05) is 6.92 Å². The van der Waals surface area contributed by atoms with E-state index in [0.29, 0.717) is 0 Å². The summed E-state index contributed by atoms with van der Waals surface area (Å²) in [5.41, 5.74) is 0.895. The molecular formula is C13H18O5S. The first kappa shape index (κ1) is 11.8. The van der Waals surface area contributed by atoms with Gasteiger partial charge in [0.2, 0.25) is 0 Å². The van der Waals surface area contributed by atoms with Crippen molar-refractivity contribution in [3.63, 3.8) is 0 Å². The molecule has 1 aliphatic rings. The SMILES string of the molecule is [2H]C([2H])(OS(=O)(=O)c1ccc(C)cc1)C1COC(C)(C)O1. The monoisotopic (exact) mass is 288 g/mol. The molecule has 1 aliphatic heterocycles. The van der Waals surface area contributed by atoms with Gasteiger partial charge in [0, 0.05) is 0 Å². The summed E-state index contributed by atoms with van der Waals surface area (Å²) in [6.07, 6.45) is -1.12. The number of hydrogen-bond acceptors (Lipinski definition) is 5. The molecule has 1 heterocycles. The molecule has 0 spiro atoms. The predicted octanol–water partition coefficient (Wildman–Crippen LogP) is 1.85. The Morgan fingerprint density at radius 1 is 1.42 bits per heavy atom. The lowest BCUT2D eigenvalue weighted by Crippen LogP contribution is -2.25. The molecule has 1 saturated heterocycles. The van der Waals surface area contributed by atoms with Crippen molar-refractivity contribution < 1.29 is 24.8 Å². The molecule has 1 atom stereocenters. The molecule has 0 N–H and O–H groups in total. The van der Waals surface area contributed by atoms with Gasteiger partial charge >= 0.3 is 0 Å². The Bertz CT molecular complexity index is 610. The Balaban J connectivity index is 2.17. The smallest absolute Gasteiger partial charge is 0.297 e. The summed E-state index contributed by atoms with van der Waals surface area (Å²) in [6.45, 7) is 2.47. The minimum atomic E-state index is -4.22. The van der Waals surface area contributed by atoms with Gasteiger partial charge in [0.15, 0.2) is 5.79 Å². The van der Waals surface area contributed by atoms with E-state index in [-0.39, 0.29) is 11.5 Å². The summed E-state index contributed by atoms with van der Waals surface area (Å²) in [4.78, 5) is -0.102. The summed E-state index contributed by atoms with van der Waals surface area (Å²) in [7, 11) is -4.22. The molecule has 1 aromatic carbocycles. The summed E-state index contributed by atoms with van der Waals surface area (Å²) in [5, 5.41) is 0. The van der Waals surface area contributed by atoms with Gasteiger partial charge < -0.3 is 9.47 Å². The average molecular weight is 288 g/mol. The molecule has 106 valence electrons. The van der Waals surface area contributed by atoms with Crippen molar-refractivity contribution >= 4 is 10.1 Å². The first-order valence-electron chi connectivity index (χ1n) is 6.86. The van der Waals surface area contributed by atoms with Crippen LogP contribution in [0.25, 0.3) is 0 Å². The van der Waals surface area contributed by atoms with E-state index >= 15 is 0 Å². The van der Waals surface area contributed by atoms with Gasteiger partial charge in [-0.1, -0.05) is 17.7 Å². The Morgan fingerprint density at radius 2 is 2.05 bits per heavy atom. The second kappa shape index (κ2) is 5.20. The molecule has 1 unspecified atom stereocenters. The second-order valence-electron chi connectivity index (χ2n) is 4.79. The van der Waals surface area contributed by atoms with Crippen molar-refractivity contribution in [1.82, 2.24) is 0 Å². The molecule has 0 aliphatic carbocycles. The van der Waals surface area contributed by atoms with Gasteiger partial charge in [-0.3, -0.25) is 4.18 Å². The van der Waals surface area contributed by atoms with Gasteiger partial charge in [-0.25, -0.2) is 0 Å². The van der Waals surface area contributed by atoms with Crippen molar-refractivity contribution in [3.8, 4) is 0 Å². The van der Waals surface area contributed by atoms with Crippen molar-refractivity contribution in [2.45, 2.75) is 37.6 Å². The zero-order chi connectivity index (χ0) is 15.9. The molecule has 0 bridgehead atoms. The summed E-state index contributed by atoms with van der Waals surface area (Å²) in [5.74, 6) is -0.963. The number of rotatable bonds is 4. The van der Waals surface area contributed by atoms with E-state index in [9.17, 15) is 8.42 Å². The van der Waals surface area contributed by atoms with Crippen LogP contribution < -0.4 is 0 Å². The first-order chi connectivity index (χ1) is 9.52. The van der Waals surface area contributed by atoms with E-state index in [1.54, 1.807) is 26.0 Å². The number of aryl methyl sites for hydroxylation is 1. The molecule has 5 nitrogen and oxygen atoms in total. The van der Waals surface area contributed by atoms with Crippen molar-refractivity contribution in [3.05, 3.63) is 29.8 Å². The highest BCUT2D eigenvalue weighted by atomic mass is 32.2. The van der Waals surface area contributed by atoms with Gasteiger partial charge in [-0.15, -0.1) is 0 Å². The number of ether oxygens (including phenoxy) is 2. The van der Waals surface area contributed by atoms with Crippen LogP contribution in [0.15, 0.2) is 29.2 Å². The minimum Gasteiger partial charge on any atom is -0.348 e. The van der Waals surface area contributed by atoms with Crippen molar-refractivity contribution in [1.29, 1.82) is 0 Å². The van der Waals surface area contributed by atoms with Crippen LogP contribution in [0.2, 0.25) is 0 Å². The van der Waals surface area contributed by atoms with E-state index < -0.39 is 28.6 Å². The van der Waals surface area contributed by atoms with Crippen molar-refractivity contribution in [2.75, 3.05) is 13.2 Å². The largest absolute Gasteiger partial charge is 0.348 e. The molecule has 2 rings (SSSR count). The van der Waals surface area contributed by atoms with Gasteiger partial charge in [-0.05, 0) is 32.9 Å². The van der Waals surface area contributed by atoms with E-state index in [4.69, 9.17) is 16.4 Å². The molecule has 0 aromatic heterocycles. The van der Waals surface area contributed by atoms with E-state index in [0.717, 1.165) is 5.56 Å².